The highest BCUT2D eigenvalue weighted by atomic mass is 16.5. The van der Waals surface area contributed by atoms with E-state index in [1.165, 1.54) is 12.8 Å². The SMILES string of the molecule is CO.COC(C)(C)C.O=CN1CCCC1. The second-order valence-electron chi connectivity index (χ2n) is 4.16. The molecule has 92 valence electrons. The minimum absolute atomic E-state index is 0.0417. The van der Waals surface area contributed by atoms with E-state index in [9.17, 15) is 4.79 Å². The van der Waals surface area contributed by atoms with Gasteiger partial charge >= 0.3 is 0 Å². The van der Waals surface area contributed by atoms with Crippen LogP contribution < -0.4 is 0 Å². The first kappa shape index (κ1) is 16.8. The molecule has 1 heterocycles. The Balaban J connectivity index is 0. The first-order valence-electron chi connectivity index (χ1n) is 5.19. The molecule has 1 aliphatic heterocycles. The number of carbonyl (C=O) groups is 1. The van der Waals surface area contributed by atoms with Crippen LogP contribution in [0.25, 0.3) is 0 Å². The van der Waals surface area contributed by atoms with Gasteiger partial charge in [-0.1, -0.05) is 0 Å². The minimum Gasteiger partial charge on any atom is -0.400 e. The Kier molecular flexibility index (Phi) is 11.1. The normalized spacial score (nSPS) is 14.7. The van der Waals surface area contributed by atoms with E-state index in [4.69, 9.17) is 9.84 Å². The molecule has 1 N–H and O–H groups in total. The maximum atomic E-state index is 9.93. The first-order chi connectivity index (χ1) is 6.99. The second kappa shape index (κ2) is 9.93. The van der Waals surface area contributed by atoms with Gasteiger partial charge in [0.2, 0.25) is 6.41 Å². The van der Waals surface area contributed by atoms with Crippen molar-refractivity contribution in [1.82, 2.24) is 4.90 Å². The Morgan fingerprint density at radius 1 is 1.20 bits per heavy atom. The lowest BCUT2D eigenvalue weighted by Crippen LogP contribution is -2.15. The van der Waals surface area contributed by atoms with Crippen LogP contribution >= 0.6 is 0 Å². The third-order valence-electron chi connectivity index (χ3n) is 1.90. The average Bonchev–Trinajstić information content (AvgIpc) is 2.73. The van der Waals surface area contributed by atoms with Crippen molar-refractivity contribution in [3.05, 3.63) is 0 Å². The van der Waals surface area contributed by atoms with Gasteiger partial charge in [-0.15, -0.1) is 0 Å². The molecule has 1 fully saturated rings. The summed E-state index contributed by atoms with van der Waals surface area (Å²) >= 11 is 0. The molecule has 1 saturated heterocycles. The van der Waals surface area contributed by atoms with E-state index in [-0.39, 0.29) is 5.60 Å². The number of nitrogens with zero attached hydrogens (tertiary/aromatic N) is 1. The molecule has 0 bridgehead atoms. The lowest BCUT2D eigenvalue weighted by molar-refractivity contribution is -0.117. The van der Waals surface area contributed by atoms with Crippen LogP contribution in [0.4, 0.5) is 0 Å². The smallest absolute Gasteiger partial charge is 0.209 e. The van der Waals surface area contributed by atoms with Gasteiger partial charge in [0.05, 0.1) is 5.60 Å². The third kappa shape index (κ3) is 13.4. The maximum absolute atomic E-state index is 9.93. The summed E-state index contributed by atoms with van der Waals surface area (Å²) in [5.74, 6) is 0. The van der Waals surface area contributed by atoms with E-state index in [0.717, 1.165) is 26.6 Å². The summed E-state index contributed by atoms with van der Waals surface area (Å²) in [6, 6.07) is 0. The number of amides is 1. The number of aliphatic hydroxyl groups excluding tert-OH is 1. The number of likely N-dealkylation sites (tertiary alicyclic amines) is 1. The molecule has 4 nitrogen and oxygen atoms in total. The molecule has 15 heavy (non-hydrogen) atoms. The highest BCUT2D eigenvalue weighted by molar-refractivity contribution is 5.47. The summed E-state index contributed by atoms with van der Waals surface area (Å²) in [6.45, 7) is 8.01. The molecule has 0 radical (unpaired) electrons. The van der Waals surface area contributed by atoms with Gasteiger partial charge in [-0.25, -0.2) is 0 Å². The topological polar surface area (TPSA) is 49.8 Å². The quantitative estimate of drug-likeness (QED) is 0.676. The van der Waals surface area contributed by atoms with Gasteiger partial charge in [-0.05, 0) is 33.6 Å². The van der Waals surface area contributed by atoms with E-state index in [2.05, 4.69) is 0 Å². The average molecular weight is 219 g/mol. The van der Waals surface area contributed by atoms with Gasteiger partial charge in [0.1, 0.15) is 0 Å². The van der Waals surface area contributed by atoms with Crippen LogP contribution in [0.15, 0.2) is 0 Å². The molecular formula is C11H25NO3. The molecule has 0 aliphatic carbocycles. The van der Waals surface area contributed by atoms with Crippen molar-refractivity contribution in [2.24, 2.45) is 0 Å². The first-order valence-corrected chi connectivity index (χ1v) is 5.19. The van der Waals surface area contributed by atoms with Gasteiger partial charge in [0, 0.05) is 27.3 Å². The monoisotopic (exact) mass is 219 g/mol. The van der Waals surface area contributed by atoms with E-state index >= 15 is 0 Å². The summed E-state index contributed by atoms with van der Waals surface area (Å²) < 4.78 is 4.94. The zero-order valence-electron chi connectivity index (χ0n) is 10.6. The highest BCUT2D eigenvalue weighted by Crippen LogP contribution is 2.03. The van der Waals surface area contributed by atoms with Crippen LogP contribution in [0.5, 0.6) is 0 Å². The van der Waals surface area contributed by atoms with Crippen molar-refractivity contribution in [1.29, 1.82) is 0 Å². The third-order valence-corrected chi connectivity index (χ3v) is 1.90. The molecule has 4 heteroatoms. The largest absolute Gasteiger partial charge is 0.400 e. The molecule has 0 unspecified atom stereocenters. The van der Waals surface area contributed by atoms with Crippen LogP contribution in [0.1, 0.15) is 33.6 Å². The fourth-order valence-corrected chi connectivity index (χ4v) is 0.847. The lowest BCUT2D eigenvalue weighted by Gasteiger charge is -2.14. The Bertz CT molecular complexity index is 137. The number of rotatable bonds is 1. The molecule has 1 rings (SSSR count). The van der Waals surface area contributed by atoms with Crippen molar-refractivity contribution in [3.8, 4) is 0 Å². The van der Waals surface area contributed by atoms with E-state index < -0.39 is 0 Å². The second-order valence-corrected chi connectivity index (χ2v) is 4.16. The number of methoxy groups -OCH3 is 1. The summed E-state index contributed by atoms with van der Waals surface area (Å²) in [4.78, 5) is 11.7. The Labute approximate surface area is 93.2 Å². The maximum Gasteiger partial charge on any atom is 0.209 e. The molecule has 1 aliphatic rings. The van der Waals surface area contributed by atoms with Crippen molar-refractivity contribution in [2.45, 2.75) is 39.2 Å². The predicted octanol–water partition coefficient (Wildman–Crippen LogP) is 1.28. The highest BCUT2D eigenvalue weighted by Gasteiger charge is 2.06. The zero-order chi connectivity index (χ0) is 12.3. The molecule has 0 atom stereocenters. The number of aliphatic hydroxyl groups is 1. The van der Waals surface area contributed by atoms with E-state index in [0.29, 0.717) is 0 Å². The van der Waals surface area contributed by atoms with Crippen molar-refractivity contribution in [2.75, 3.05) is 27.3 Å². The molecular weight excluding hydrogens is 194 g/mol. The number of ether oxygens (including phenoxy) is 1. The minimum atomic E-state index is 0.0417. The van der Waals surface area contributed by atoms with Crippen molar-refractivity contribution in [3.63, 3.8) is 0 Å². The summed E-state index contributed by atoms with van der Waals surface area (Å²) in [7, 11) is 2.71. The van der Waals surface area contributed by atoms with Gasteiger partial charge in [-0.3, -0.25) is 4.79 Å². The molecule has 0 aromatic carbocycles. The Morgan fingerprint density at radius 2 is 1.53 bits per heavy atom. The van der Waals surface area contributed by atoms with E-state index in [1.807, 2.05) is 20.8 Å². The molecule has 0 aromatic rings. The lowest BCUT2D eigenvalue weighted by atomic mass is 10.2. The summed E-state index contributed by atoms with van der Waals surface area (Å²) in [5, 5.41) is 7.00. The fraction of sp³-hybridized carbons (Fsp3) is 0.909. The van der Waals surface area contributed by atoms with Crippen LogP contribution in [0.3, 0.4) is 0 Å². The van der Waals surface area contributed by atoms with Gasteiger partial charge < -0.3 is 14.7 Å². The van der Waals surface area contributed by atoms with Gasteiger partial charge in [-0.2, -0.15) is 0 Å². The Morgan fingerprint density at radius 3 is 1.67 bits per heavy atom. The number of carbonyl (C=O) groups excluding carboxylic acids is 1. The van der Waals surface area contributed by atoms with Crippen LogP contribution in [-0.4, -0.2) is 49.3 Å². The standard InChI is InChI=1S/C5H9NO.C5H12O.CH4O/c7-5-6-3-1-2-4-6;1-5(2,3)6-4;1-2/h5H,1-4H2;1-4H3;2H,1H3. The van der Waals surface area contributed by atoms with Gasteiger partial charge in [0.15, 0.2) is 0 Å². The molecule has 0 saturated carbocycles. The summed E-state index contributed by atoms with van der Waals surface area (Å²) in [6.07, 6.45) is 3.31. The Hall–Kier alpha value is -0.610. The van der Waals surface area contributed by atoms with E-state index in [1.54, 1.807) is 12.0 Å². The van der Waals surface area contributed by atoms with Crippen LogP contribution in [0, 0.1) is 0 Å². The van der Waals surface area contributed by atoms with Crippen LogP contribution in [-0.2, 0) is 9.53 Å². The van der Waals surface area contributed by atoms with Crippen LogP contribution in [0.2, 0.25) is 0 Å². The number of hydrogen-bond donors (Lipinski definition) is 1. The summed E-state index contributed by atoms with van der Waals surface area (Å²) in [5.41, 5.74) is 0.0417. The molecule has 0 aromatic heterocycles. The predicted molar refractivity (Wildman–Crippen MR) is 61.8 cm³/mol. The molecule has 0 spiro atoms. The zero-order valence-corrected chi connectivity index (χ0v) is 10.6. The molecule has 1 amide bonds. The van der Waals surface area contributed by atoms with Gasteiger partial charge in [0.25, 0.3) is 0 Å². The number of hydrogen-bond acceptors (Lipinski definition) is 3. The van der Waals surface area contributed by atoms with Crippen molar-refractivity contribution >= 4 is 6.41 Å². The fourth-order valence-electron chi connectivity index (χ4n) is 0.847. The van der Waals surface area contributed by atoms with Crippen molar-refractivity contribution < 1.29 is 14.6 Å².